The van der Waals surface area contributed by atoms with Crippen LogP contribution >= 0.6 is 0 Å². The normalized spacial score (nSPS) is 10.1. The van der Waals surface area contributed by atoms with Crippen LogP contribution in [-0.2, 0) is 28.7 Å². The number of nitrogens with zero attached hydrogens (tertiary/aromatic N) is 1. The van der Waals surface area contributed by atoms with E-state index in [0.29, 0.717) is 18.6 Å². The minimum absolute atomic E-state index is 0.249. The summed E-state index contributed by atoms with van der Waals surface area (Å²) in [6.45, 7) is 1.28. The Morgan fingerprint density at radius 3 is 2.35 bits per heavy atom. The Kier molecular flexibility index (Phi) is 8.40. The van der Waals surface area contributed by atoms with Crippen molar-refractivity contribution in [2.75, 3.05) is 26.8 Å². The highest BCUT2D eigenvalue weighted by Crippen LogP contribution is 1.91. The number of ether oxygens (including phenoxy) is 2. The van der Waals surface area contributed by atoms with E-state index in [1.807, 2.05) is 6.92 Å². The molecule has 0 unspecified atom stereocenters. The summed E-state index contributed by atoms with van der Waals surface area (Å²) in [4.78, 5) is 44.9. The minimum atomic E-state index is -1.30. The number of esters is 2. The molecule has 0 aliphatic carbocycles. The monoisotopic (exact) mass is 287 g/mol. The summed E-state index contributed by atoms with van der Waals surface area (Å²) in [6.07, 6.45) is 1.96. The van der Waals surface area contributed by atoms with Crippen molar-refractivity contribution in [3.63, 3.8) is 0 Å². The van der Waals surface area contributed by atoms with Crippen LogP contribution in [0.5, 0.6) is 0 Å². The zero-order valence-corrected chi connectivity index (χ0v) is 11.3. The molecule has 0 spiro atoms. The molecular weight excluding hydrogens is 270 g/mol. The number of carbonyl (C=O) groups is 4. The van der Waals surface area contributed by atoms with Crippen LogP contribution < -0.4 is 0 Å². The second kappa shape index (κ2) is 9.54. The number of carboxylic acid groups (broad SMARTS) is 1. The molecule has 1 amide bonds. The maximum absolute atomic E-state index is 11.5. The van der Waals surface area contributed by atoms with Crippen LogP contribution in [0.4, 0.5) is 0 Å². The Morgan fingerprint density at radius 2 is 1.80 bits per heavy atom. The molecule has 0 heterocycles. The molecule has 8 nitrogen and oxygen atoms in total. The Labute approximate surface area is 115 Å². The molecule has 112 valence electrons. The lowest BCUT2D eigenvalue weighted by Crippen LogP contribution is -2.36. The van der Waals surface area contributed by atoms with Crippen LogP contribution in [0.2, 0.25) is 0 Å². The fourth-order valence-electron chi connectivity index (χ4n) is 0.974. The van der Waals surface area contributed by atoms with Crippen LogP contribution in [-0.4, -0.2) is 60.6 Å². The van der Waals surface area contributed by atoms with Crippen molar-refractivity contribution in [2.24, 2.45) is 0 Å². The molecule has 0 fully saturated rings. The summed E-state index contributed by atoms with van der Waals surface area (Å²) in [5.41, 5.74) is 0. The van der Waals surface area contributed by atoms with E-state index in [-0.39, 0.29) is 13.2 Å². The van der Waals surface area contributed by atoms with Gasteiger partial charge < -0.3 is 19.5 Å². The lowest BCUT2D eigenvalue weighted by molar-refractivity contribution is -0.152. The van der Waals surface area contributed by atoms with Gasteiger partial charge in [0.05, 0.1) is 6.61 Å². The molecule has 0 aliphatic rings. The first kappa shape index (κ1) is 17.6. The van der Waals surface area contributed by atoms with Gasteiger partial charge in [0.25, 0.3) is 5.91 Å². The third kappa shape index (κ3) is 8.67. The van der Waals surface area contributed by atoms with Crippen LogP contribution in [0.3, 0.4) is 0 Å². The molecule has 0 aromatic heterocycles. The van der Waals surface area contributed by atoms with E-state index >= 15 is 0 Å². The van der Waals surface area contributed by atoms with Gasteiger partial charge in [-0.3, -0.25) is 9.59 Å². The molecule has 0 saturated heterocycles. The molecule has 0 radical (unpaired) electrons. The molecule has 0 aromatic rings. The van der Waals surface area contributed by atoms with Crippen molar-refractivity contribution >= 4 is 23.8 Å². The molecule has 0 aromatic carbocycles. The molecule has 0 rings (SSSR count). The van der Waals surface area contributed by atoms with Gasteiger partial charge in [0.1, 0.15) is 6.54 Å². The predicted octanol–water partition coefficient (Wildman–Crippen LogP) is -0.418. The van der Waals surface area contributed by atoms with Gasteiger partial charge in [0.15, 0.2) is 6.61 Å². The van der Waals surface area contributed by atoms with Crippen molar-refractivity contribution in [2.45, 2.75) is 13.3 Å². The predicted molar refractivity (Wildman–Crippen MR) is 66.6 cm³/mol. The first-order valence-corrected chi connectivity index (χ1v) is 5.84. The van der Waals surface area contributed by atoms with Crippen LogP contribution in [0, 0.1) is 0 Å². The van der Waals surface area contributed by atoms with Gasteiger partial charge in [-0.25, -0.2) is 9.59 Å². The van der Waals surface area contributed by atoms with Gasteiger partial charge in [0.2, 0.25) is 0 Å². The van der Waals surface area contributed by atoms with Crippen molar-refractivity contribution in [3.8, 4) is 0 Å². The second-order valence-corrected chi connectivity index (χ2v) is 3.75. The Hall–Kier alpha value is -2.38. The molecule has 0 aliphatic heterocycles. The van der Waals surface area contributed by atoms with Gasteiger partial charge in [-0.05, 0) is 6.42 Å². The number of carboxylic acids is 1. The topological polar surface area (TPSA) is 110 Å². The van der Waals surface area contributed by atoms with E-state index in [0.717, 1.165) is 4.90 Å². The number of amides is 1. The molecular formula is C12H17NO7. The number of hydrogen-bond acceptors (Lipinski definition) is 6. The zero-order valence-electron chi connectivity index (χ0n) is 11.3. The van der Waals surface area contributed by atoms with Gasteiger partial charge in [-0.1, -0.05) is 6.92 Å². The van der Waals surface area contributed by atoms with Crippen molar-refractivity contribution in [1.82, 2.24) is 4.90 Å². The molecule has 1 N–H and O–H groups in total. The Morgan fingerprint density at radius 1 is 1.15 bits per heavy atom. The summed E-state index contributed by atoms with van der Waals surface area (Å²) >= 11 is 0. The van der Waals surface area contributed by atoms with Crippen LogP contribution in [0.15, 0.2) is 12.2 Å². The SMILES string of the molecule is CCCOC(=O)CN(C)C(=O)COC(=O)/C=C/C(=O)O. The molecule has 20 heavy (non-hydrogen) atoms. The summed E-state index contributed by atoms with van der Waals surface area (Å²) in [7, 11) is 1.36. The largest absolute Gasteiger partial charge is 0.478 e. The average Bonchev–Trinajstić information content (AvgIpc) is 2.39. The van der Waals surface area contributed by atoms with Gasteiger partial charge in [-0.15, -0.1) is 0 Å². The maximum Gasteiger partial charge on any atom is 0.331 e. The van der Waals surface area contributed by atoms with Crippen molar-refractivity contribution in [1.29, 1.82) is 0 Å². The van der Waals surface area contributed by atoms with Gasteiger partial charge in [0, 0.05) is 19.2 Å². The van der Waals surface area contributed by atoms with E-state index in [2.05, 4.69) is 4.74 Å². The highest BCUT2D eigenvalue weighted by atomic mass is 16.5. The highest BCUT2D eigenvalue weighted by molar-refractivity contribution is 5.92. The summed E-state index contributed by atoms with van der Waals surface area (Å²) in [5, 5.41) is 8.28. The van der Waals surface area contributed by atoms with E-state index in [9.17, 15) is 19.2 Å². The summed E-state index contributed by atoms with van der Waals surface area (Å²) in [5.74, 6) is -3.41. The third-order valence-corrected chi connectivity index (χ3v) is 1.96. The van der Waals surface area contributed by atoms with Crippen molar-refractivity contribution < 1.29 is 33.8 Å². The number of carbonyl (C=O) groups excluding carboxylic acids is 3. The molecule has 0 saturated carbocycles. The third-order valence-electron chi connectivity index (χ3n) is 1.96. The fourth-order valence-corrected chi connectivity index (χ4v) is 0.974. The lowest BCUT2D eigenvalue weighted by Gasteiger charge is -2.15. The maximum atomic E-state index is 11.5. The van der Waals surface area contributed by atoms with Crippen molar-refractivity contribution in [3.05, 3.63) is 12.2 Å². The molecule has 0 bridgehead atoms. The number of likely N-dealkylation sites (N-methyl/N-ethyl adjacent to an activating group) is 1. The Balaban J connectivity index is 4.05. The number of rotatable bonds is 8. The second-order valence-electron chi connectivity index (χ2n) is 3.75. The highest BCUT2D eigenvalue weighted by Gasteiger charge is 2.15. The summed E-state index contributed by atoms with van der Waals surface area (Å²) in [6, 6.07) is 0. The first-order chi connectivity index (χ1) is 9.36. The number of hydrogen-bond donors (Lipinski definition) is 1. The number of aliphatic carboxylic acids is 1. The zero-order chi connectivity index (χ0) is 15.5. The lowest BCUT2D eigenvalue weighted by atomic mass is 10.5. The van der Waals surface area contributed by atoms with Gasteiger partial charge in [-0.2, -0.15) is 0 Å². The van der Waals surface area contributed by atoms with E-state index in [1.165, 1.54) is 7.05 Å². The quantitative estimate of drug-likeness (QED) is 0.477. The fraction of sp³-hybridized carbons (Fsp3) is 0.500. The van der Waals surface area contributed by atoms with Crippen LogP contribution in [0.25, 0.3) is 0 Å². The average molecular weight is 287 g/mol. The van der Waals surface area contributed by atoms with E-state index < -0.39 is 30.4 Å². The van der Waals surface area contributed by atoms with Crippen LogP contribution in [0.1, 0.15) is 13.3 Å². The standard InChI is InChI=1S/C12H17NO7/c1-3-6-19-12(18)7-13(2)9(14)8-20-11(17)5-4-10(15)16/h4-5H,3,6-8H2,1-2H3,(H,15,16)/b5-4+. The molecule has 0 atom stereocenters. The van der Waals surface area contributed by atoms with E-state index in [1.54, 1.807) is 0 Å². The van der Waals surface area contributed by atoms with Gasteiger partial charge >= 0.3 is 17.9 Å². The summed E-state index contributed by atoms with van der Waals surface area (Å²) < 4.78 is 9.29. The van der Waals surface area contributed by atoms with E-state index in [4.69, 9.17) is 9.84 Å². The first-order valence-electron chi connectivity index (χ1n) is 5.84. The smallest absolute Gasteiger partial charge is 0.331 e. The Bertz CT molecular complexity index is 403. The molecule has 8 heteroatoms. The minimum Gasteiger partial charge on any atom is -0.478 e.